The first-order chi connectivity index (χ1) is 23.8. The van der Waals surface area contributed by atoms with E-state index in [0.29, 0.717) is 0 Å². The molecule has 0 atom stereocenters. The third-order valence-corrected chi connectivity index (χ3v) is 10.5. The van der Waals surface area contributed by atoms with E-state index in [1.54, 1.807) is 11.3 Å². The monoisotopic (exact) mass is 630 g/mol. The van der Waals surface area contributed by atoms with E-state index < -0.39 is 0 Å². The highest BCUT2D eigenvalue weighted by Gasteiger charge is 2.21. The molecule has 0 radical (unpaired) electrons. The van der Waals surface area contributed by atoms with Gasteiger partial charge in [0, 0.05) is 37.5 Å². The lowest BCUT2D eigenvalue weighted by Gasteiger charge is -2.09. The Bertz CT molecular complexity index is 2830. The summed E-state index contributed by atoms with van der Waals surface area (Å²) < 4.78 is 9.02. The van der Waals surface area contributed by atoms with Crippen molar-refractivity contribution in [1.29, 1.82) is 0 Å². The van der Waals surface area contributed by atoms with Crippen molar-refractivity contribution >= 4 is 64.4 Å². The number of furan rings is 1. The summed E-state index contributed by atoms with van der Waals surface area (Å²) in [5, 5.41) is 5.70. The summed E-state index contributed by atoms with van der Waals surface area (Å²) in [6.07, 6.45) is 0. The molecule has 0 amide bonds. The molecular formula is C44H26N2OS. The molecule has 7 aromatic carbocycles. The summed E-state index contributed by atoms with van der Waals surface area (Å²) in [5.41, 5.74) is 10.3. The van der Waals surface area contributed by atoms with Crippen molar-refractivity contribution < 1.29 is 4.42 Å². The van der Waals surface area contributed by atoms with Gasteiger partial charge in [-0.15, -0.1) is 11.3 Å². The second kappa shape index (κ2) is 10.7. The molecule has 3 aromatic heterocycles. The van der Waals surface area contributed by atoms with Gasteiger partial charge in [-0.1, -0.05) is 133 Å². The SMILES string of the molecule is c1ccc(-c2ccc3cc(-c4cccc5c4oc4cccc(-c6nc(-c7ccccc7)nc7c6sc6ccccc67)c45)ccc3c2)cc1. The quantitative estimate of drug-likeness (QED) is 0.194. The zero-order chi connectivity index (χ0) is 31.6. The number of rotatable bonds is 4. The number of fused-ring (bicyclic) bond motifs is 7. The summed E-state index contributed by atoms with van der Waals surface area (Å²) in [6, 6.07) is 55.4. The van der Waals surface area contributed by atoms with Gasteiger partial charge in [0.15, 0.2) is 5.82 Å². The lowest BCUT2D eigenvalue weighted by atomic mass is 9.96. The summed E-state index contributed by atoms with van der Waals surface area (Å²) in [6.45, 7) is 0. The minimum absolute atomic E-state index is 0.721. The molecule has 0 saturated heterocycles. The van der Waals surface area contributed by atoms with Gasteiger partial charge in [-0.2, -0.15) is 0 Å². The topological polar surface area (TPSA) is 38.9 Å². The van der Waals surface area contributed by atoms with E-state index in [1.807, 2.05) is 18.2 Å². The van der Waals surface area contributed by atoms with Crippen LogP contribution in [0.15, 0.2) is 162 Å². The fourth-order valence-electron chi connectivity index (χ4n) is 6.99. The Kier molecular flexibility index (Phi) is 6.05. The molecule has 10 aromatic rings. The molecule has 0 fully saturated rings. The van der Waals surface area contributed by atoms with E-state index in [2.05, 4.69) is 140 Å². The molecule has 4 heteroatoms. The Morgan fingerprint density at radius 2 is 1.15 bits per heavy atom. The van der Waals surface area contributed by atoms with Crippen LogP contribution in [-0.2, 0) is 0 Å². The molecule has 0 saturated carbocycles. The van der Waals surface area contributed by atoms with Crippen molar-refractivity contribution in [1.82, 2.24) is 9.97 Å². The van der Waals surface area contributed by atoms with Crippen molar-refractivity contribution in [3.05, 3.63) is 158 Å². The van der Waals surface area contributed by atoms with E-state index in [-0.39, 0.29) is 0 Å². The summed E-state index contributed by atoms with van der Waals surface area (Å²) in [7, 11) is 0. The third kappa shape index (κ3) is 4.27. The average molecular weight is 631 g/mol. The molecule has 0 aliphatic heterocycles. The fourth-order valence-corrected chi connectivity index (χ4v) is 8.13. The zero-order valence-corrected chi connectivity index (χ0v) is 26.5. The van der Waals surface area contributed by atoms with Gasteiger partial charge in [0.25, 0.3) is 0 Å². The molecule has 48 heavy (non-hydrogen) atoms. The third-order valence-electron chi connectivity index (χ3n) is 9.29. The van der Waals surface area contributed by atoms with Crippen LogP contribution < -0.4 is 0 Å². The second-order valence-corrected chi connectivity index (χ2v) is 13.2. The molecule has 224 valence electrons. The van der Waals surface area contributed by atoms with Crippen LogP contribution in [-0.4, -0.2) is 9.97 Å². The fraction of sp³-hybridized carbons (Fsp3) is 0. The van der Waals surface area contributed by atoms with Crippen molar-refractivity contribution in [2.75, 3.05) is 0 Å². The van der Waals surface area contributed by atoms with Crippen molar-refractivity contribution in [2.45, 2.75) is 0 Å². The molecule has 3 heterocycles. The molecule has 10 rings (SSSR count). The van der Waals surface area contributed by atoms with Crippen LogP contribution in [0.3, 0.4) is 0 Å². The van der Waals surface area contributed by atoms with E-state index in [1.165, 1.54) is 26.6 Å². The highest BCUT2D eigenvalue weighted by Crippen LogP contribution is 2.45. The lowest BCUT2D eigenvalue weighted by molar-refractivity contribution is 0.670. The maximum Gasteiger partial charge on any atom is 0.160 e. The predicted molar refractivity (Wildman–Crippen MR) is 201 cm³/mol. The number of aromatic nitrogens is 2. The van der Waals surface area contributed by atoms with Crippen LogP contribution in [0.1, 0.15) is 0 Å². The van der Waals surface area contributed by atoms with Crippen molar-refractivity contribution in [3.63, 3.8) is 0 Å². The number of benzene rings is 7. The molecule has 0 N–H and O–H groups in total. The first-order valence-corrected chi connectivity index (χ1v) is 16.9. The minimum Gasteiger partial charge on any atom is -0.455 e. The maximum absolute atomic E-state index is 6.74. The van der Waals surface area contributed by atoms with Crippen LogP contribution in [0.5, 0.6) is 0 Å². The number of hydrogen-bond acceptors (Lipinski definition) is 4. The highest BCUT2D eigenvalue weighted by atomic mass is 32.1. The summed E-state index contributed by atoms with van der Waals surface area (Å²) in [5.74, 6) is 0.721. The first-order valence-electron chi connectivity index (χ1n) is 16.1. The molecule has 0 aliphatic carbocycles. The van der Waals surface area contributed by atoms with Crippen molar-refractivity contribution in [2.24, 2.45) is 0 Å². The maximum atomic E-state index is 6.74. The number of nitrogens with zero attached hydrogens (tertiary/aromatic N) is 2. The van der Waals surface area contributed by atoms with Gasteiger partial charge < -0.3 is 4.42 Å². The van der Waals surface area contributed by atoms with Crippen LogP contribution in [0.4, 0.5) is 0 Å². The average Bonchev–Trinajstić information content (AvgIpc) is 3.73. The van der Waals surface area contributed by atoms with E-state index >= 15 is 0 Å². The van der Waals surface area contributed by atoms with Gasteiger partial charge >= 0.3 is 0 Å². The van der Waals surface area contributed by atoms with E-state index in [9.17, 15) is 0 Å². The Morgan fingerprint density at radius 3 is 1.98 bits per heavy atom. The summed E-state index contributed by atoms with van der Waals surface area (Å²) >= 11 is 1.75. The smallest absolute Gasteiger partial charge is 0.160 e. The van der Waals surface area contributed by atoms with Crippen molar-refractivity contribution in [3.8, 4) is 44.9 Å². The van der Waals surface area contributed by atoms with Gasteiger partial charge in [0.05, 0.1) is 15.9 Å². The minimum atomic E-state index is 0.721. The van der Waals surface area contributed by atoms with Gasteiger partial charge in [0.2, 0.25) is 0 Å². The van der Waals surface area contributed by atoms with Crippen LogP contribution in [0, 0.1) is 0 Å². The first kappa shape index (κ1) is 27.1. The second-order valence-electron chi connectivity index (χ2n) is 12.1. The highest BCUT2D eigenvalue weighted by molar-refractivity contribution is 7.26. The van der Waals surface area contributed by atoms with E-state index in [4.69, 9.17) is 14.4 Å². The number of hydrogen-bond donors (Lipinski definition) is 0. The standard InChI is InChI=1S/C44H26N2OS/c1-3-11-27(12-4-1)29-21-22-31-26-32(24-23-30(31)25-29)33-16-9-18-36-39-35(17-10-19-37(39)47-42(33)36)41-43-40(34-15-7-8-20-38(34)48-43)45-44(46-41)28-13-5-2-6-14-28/h1-26H. The van der Waals surface area contributed by atoms with Gasteiger partial charge in [0.1, 0.15) is 11.2 Å². The van der Waals surface area contributed by atoms with Crippen LogP contribution >= 0.6 is 11.3 Å². The molecule has 0 bridgehead atoms. The molecule has 3 nitrogen and oxygen atoms in total. The normalized spacial score (nSPS) is 11.8. The molecule has 0 aliphatic rings. The lowest BCUT2D eigenvalue weighted by Crippen LogP contribution is -1.93. The molecule has 0 spiro atoms. The van der Waals surface area contributed by atoms with Crippen LogP contribution in [0.2, 0.25) is 0 Å². The van der Waals surface area contributed by atoms with Crippen LogP contribution in [0.25, 0.3) is 97.9 Å². The van der Waals surface area contributed by atoms with E-state index in [0.717, 1.165) is 71.3 Å². The van der Waals surface area contributed by atoms with Gasteiger partial charge in [-0.3, -0.25) is 0 Å². The predicted octanol–water partition coefficient (Wildman–Crippen LogP) is 12.6. The molecular weight excluding hydrogens is 605 g/mol. The van der Waals surface area contributed by atoms with Gasteiger partial charge in [-0.05, 0) is 51.7 Å². The molecule has 0 unspecified atom stereocenters. The Morgan fingerprint density at radius 1 is 0.479 bits per heavy atom. The Balaban J connectivity index is 1.18. The number of thiophene rings is 1. The largest absolute Gasteiger partial charge is 0.455 e. The number of para-hydroxylation sites is 1. The Labute approximate surface area is 280 Å². The zero-order valence-electron chi connectivity index (χ0n) is 25.7. The Hall–Kier alpha value is -6.10. The summed E-state index contributed by atoms with van der Waals surface area (Å²) in [4.78, 5) is 10.4. The van der Waals surface area contributed by atoms with Gasteiger partial charge in [-0.25, -0.2) is 9.97 Å².